The van der Waals surface area contributed by atoms with Gasteiger partial charge in [-0.15, -0.1) is 5.10 Å². The number of benzene rings is 1. The third-order valence-corrected chi connectivity index (χ3v) is 3.59. The van der Waals surface area contributed by atoms with Gasteiger partial charge in [0.25, 0.3) is 0 Å². The third kappa shape index (κ3) is 1.98. The third-order valence-electron chi connectivity index (χ3n) is 3.59. The minimum Gasteiger partial charge on any atom is -0.381 e. The lowest BCUT2D eigenvalue weighted by Gasteiger charge is -2.09. The SMILES string of the molecule is Cc1ccc(C)c(Cn2nnc(N)c2C2CC2)c1. The first-order valence-electron chi connectivity index (χ1n) is 6.40. The highest BCUT2D eigenvalue weighted by Gasteiger charge is 2.30. The maximum atomic E-state index is 5.91. The monoisotopic (exact) mass is 242 g/mol. The van der Waals surface area contributed by atoms with Crippen molar-refractivity contribution in [2.45, 2.75) is 39.2 Å². The van der Waals surface area contributed by atoms with Gasteiger partial charge < -0.3 is 5.73 Å². The molecule has 0 saturated heterocycles. The van der Waals surface area contributed by atoms with E-state index >= 15 is 0 Å². The molecule has 0 spiro atoms. The van der Waals surface area contributed by atoms with E-state index in [1.54, 1.807) is 0 Å². The van der Waals surface area contributed by atoms with Gasteiger partial charge in [-0.1, -0.05) is 29.0 Å². The molecule has 0 unspecified atom stereocenters. The van der Waals surface area contributed by atoms with Crippen LogP contribution in [0.25, 0.3) is 0 Å². The van der Waals surface area contributed by atoms with Crippen molar-refractivity contribution >= 4 is 5.82 Å². The van der Waals surface area contributed by atoms with Crippen molar-refractivity contribution in [3.8, 4) is 0 Å². The average molecular weight is 242 g/mol. The Hall–Kier alpha value is -1.84. The Kier molecular flexibility index (Phi) is 2.58. The average Bonchev–Trinajstić information content (AvgIpc) is 3.10. The summed E-state index contributed by atoms with van der Waals surface area (Å²) in [5.41, 5.74) is 10.9. The molecule has 1 aliphatic rings. The highest BCUT2D eigenvalue weighted by molar-refractivity contribution is 5.39. The topological polar surface area (TPSA) is 56.7 Å². The highest BCUT2D eigenvalue weighted by atomic mass is 15.4. The van der Waals surface area contributed by atoms with Crippen LogP contribution in [0.4, 0.5) is 5.82 Å². The number of hydrogen-bond acceptors (Lipinski definition) is 3. The zero-order chi connectivity index (χ0) is 12.7. The largest absolute Gasteiger partial charge is 0.381 e. The Bertz CT molecular complexity index is 581. The van der Waals surface area contributed by atoms with Crippen LogP contribution in [-0.2, 0) is 6.54 Å². The van der Waals surface area contributed by atoms with E-state index in [0.29, 0.717) is 11.7 Å². The molecule has 3 rings (SSSR count). The Morgan fingerprint density at radius 3 is 2.83 bits per heavy atom. The number of hydrogen-bond donors (Lipinski definition) is 1. The summed E-state index contributed by atoms with van der Waals surface area (Å²) in [5.74, 6) is 1.17. The number of nitrogen functional groups attached to an aromatic ring is 1. The van der Waals surface area contributed by atoms with Gasteiger partial charge in [0, 0.05) is 5.92 Å². The van der Waals surface area contributed by atoms with Gasteiger partial charge in [0.05, 0.1) is 12.2 Å². The molecule has 0 amide bonds. The molecule has 18 heavy (non-hydrogen) atoms. The number of rotatable bonds is 3. The smallest absolute Gasteiger partial charge is 0.169 e. The van der Waals surface area contributed by atoms with Crippen molar-refractivity contribution < 1.29 is 0 Å². The first kappa shape index (κ1) is 11.3. The summed E-state index contributed by atoms with van der Waals surface area (Å²) in [5, 5.41) is 8.20. The van der Waals surface area contributed by atoms with Crippen LogP contribution in [0.2, 0.25) is 0 Å². The molecule has 0 atom stereocenters. The predicted molar refractivity (Wildman–Crippen MR) is 71.4 cm³/mol. The second kappa shape index (κ2) is 4.12. The van der Waals surface area contributed by atoms with Crippen LogP contribution in [-0.4, -0.2) is 15.0 Å². The lowest BCUT2D eigenvalue weighted by atomic mass is 10.1. The Labute approximate surface area is 107 Å². The van der Waals surface area contributed by atoms with Crippen LogP contribution in [0.15, 0.2) is 18.2 Å². The van der Waals surface area contributed by atoms with E-state index in [9.17, 15) is 0 Å². The summed E-state index contributed by atoms with van der Waals surface area (Å²) in [6, 6.07) is 6.50. The van der Waals surface area contributed by atoms with Crippen LogP contribution in [0.1, 0.15) is 41.1 Å². The maximum Gasteiger partial charge on any atom is 0.169 e. The predicted octanol–water partition coefficient (Wildman–Crippen LogP) is 2.40. The van der Waals surface area contributed by atoms with E-state index < -0.39 is 0 Å². The molecule has 0 radical (unpaired) electrons. The maximum absolute atomic E-state index is 5.91. The minimum atomic E-state index is 0.574. The molecule has 1 saturated carbocycles. The van der Waals surface area contributed by atoms with Gasteiger partial charge in [-0.05, 0) is 37.8 Å². The van der Waals surface area contributed by atoms with Gasteiger partial charge in [-0.25, -0.2) is 4.68 Å². The Morgan fingerprint density at radius 1 is 1.33 bits per heavy atom. The van der Waals surface area contributed by atoms with Crippen molar-refractivity contribution in [1.82, 2.24) is 15.0 Å². The first-order chi connectivity index (χ1) is 8.65. The molecule has 2 N–H and O–H groups in total. The van der Waals surface area contributed by atoms with Crippen molar-refractivity contribution in [1.29, 1.82) is 0 Å². The number of aromatic nitrogens is 3. The van der Waals surface area contributed by atoms with Crippen LogP contribution < -0.4 is 5.73 Å². The van der Waals surface area contributed by atoms with Crippen LogP contribution in [0.3, 0.4) is 0 Å². The second-order valence-electron chi connectivity index (χ2n) is 5.22. The first-order valence-corrected chi connectivity index (χ1v) is 6.40. The normalized spacial score (nSPS) is 15.0. The van der Waals surface area contributed by atoms with Crippen LogP contribution >= 0.6 is 0 Å². The zero-order valence-electron chi connectivity index (χ0n) is 10.8. The molecule has 1 aliphatic carbocycles. The molecule has 0 aliphatic heterocycles. The second-order valence-corrected chi connectivity index (χ2v) is 5.22. The quantitative estimate of drug-likeness (QED) is 0.899. The number of aryl methyl sites for hydroxylation is 2. The molecule has 2 aromatic rings. The van der Waals surface area contributed by atoms with Crippen molar-refractivity contribution in [2.75, 3.05) is 5.73 Å². The van der Waals surface area contributed by atoms with Gasteiger partial charge in [0.2, 0.25) is 0 Å². The van der Waals surface area contributed by atoms with E-state index in [0.717, 1.165) is 12.2 Å². The van der Waals surface area contributed by atoms with Crippen molar-refractivity contribution in [3.05, 3.63) is 40.6 Å². The minimum absolute atomic E-state index is 0.574. The summed E-state index contributed by atoms with van der Waals surface area (Å²) in [6.45, 7) is 5.01. The molecule has 1 fully saturated rings. The van der Waals surface area contributed by atoms with Crippen molar-refractivity contribution in [3.63, 3.8) is 0 Å². The fourth-order valence-corrected chi connectivity index (χ4v) is 2.36. The fourth-order valence-electron chi connectivity index (χ4n) is 2.36. The van der Waals surface area contributed by atoms with Gasteiger partial charge >= 0.3 is 0 Å². The molecule has 1 heterocycles. The van der Waals surface area contributed by atoms with Crippen LogP contribution in [0.5, 0.6) is 0 Å². The number of anilines is 1. The fraction of sp³-hybridized carbons (Fsp3) is 0.429. The van der Waals surface area contributed by atoms with E-state index in [1.165, 1.54) is 29.5 Å². The molecule has 4 heteroatoms. The lowest BCUT2D eigenvalue weighted by molar-refractivity contribution is 0.617. The van der Waals surface area contributed by atoms with E-state index in [-0.39, 0.29) is 0 Å². The van der Waals surface area contributed by atoms with E-state index in [2.05, 4.69) is 42.4 Å². The Balaban J connectivity index is 1.94. The van der Waals surface area contributed by atoms with Gasteiger partial charge in [-0.2, -0.15) is 0 Å². The standard InChI is InChI=1S/C14H18N4/c1-9-3-4-10(2)12(7-9)8-18-13(11-5-6-11)14(15)16-17-18/h3-4,7,11H,5-6,8,15H2,1-2H3. The molecule has 94 valence electrons. The van der Waals surface area contributed by atoms with Crippen molar-refractivity contribution in [2.24, 2.45) is 0 Å². The van der Waals surface area contributed by atoms with Crippen LogP contribution in [0, 0.1) is 13.8 Å². The molecular formula is C14H18N4. The number of nitrogens with zero attached hydrogens (tertiary/aromatic N) is 3. The summed E-state index contributed by atoms with van der Waals surface area (Å²) >= 11 is 0. The zero-order valence-corrected chi connectivity index (χ0v) is 10.8. The Morgan fingerprint density at radius 2 is 2.11 bits per heavy atom. The molecular weight excluding hydrogens is 224 g/mol. The summed E-state index contributed by atoms with van der Waals surface area (Å²) in [7, 11) is 0. The van der Waals surface area contributed by atoms with E-state index in [4.69, 9.17) is 5.73 Å². The lowest BCUT2D eigenvalue weighted by Crippen LogP contribution is -2.08. The number of nitrogens with two attached hydrogens (primary N) is 1. The molecule has 0 bridgehead atoms. The summed E-state index contributed by atoms with van der Waals surface area (Å²) in [6.07, 6.45) is 2.43. The molecule has 1 aromatic carbocycles. The van der Waals surface area contributed by atoms with Gasteiger partial charge in [0.1, 0.15) is 0 Å². The van der Waals surface area contributed by atoms with Gasteiger partial charge in [-0.3, -0.25) is 0 Å². The van der Waals surface area contributed by atoms with Gasteiger partial charge in [0.15, 0.2) is 5.82 Å². The molecule has 1 aromatic heterocycles. The summed E-state index contributed by atoms with van der Waals surface area (Å²) < 4.78 is 1.97. The molecule has 4 nitrogen and oxygen atoms in total. The highest BCUT2D eigenvalue weighted by Crippen LogP contribution is 2.42. The summed E-state index contributed by atoms with van der Waals surface area (Å²) in [4.78, 5) is 0. The van der Waals surface area contributed by atoms with E-state index in [1.807, 2.05) is 4.68 Å².